The first-order valence-electron chi connectivity index (χ1n) is 4.71. The summed E-state index contributed by atoms with van der Waals surface area (Å²) in [6.07, 6.45) is 3.37. The molecule has 0 spiro atoms. The lowest BCUT2D eigenvalue weighted by molar-refractivity contribution is 0.0946. The van der Waals surface area contributed by atoms with Crippen molar-refractivity contribution in [3.05, 3.63) is 29.7 Å². The zero-order chi connectivity index (χ0) is 12.3. The Hall–Kier alpha value is -2.64. The summed E-state index contributed by atoms with van der Waals surface area (Å²) < 4.78 is 6.14. The Labute approximate surface area is 96.1 Å². The fourth-order valence-electron chi connectivity index (χ4n) is 1.17. The highest BCUT2D eigenvalue weighted by atomic mass is 16.6. The van der Waals surface area contributed by atoms with Crippen molar-refractivity contribution in [2.45, 2.75) is 0 Å². The lowest BCUT2D eigenvalue weighted by Crippen LogP contribution is -2.19. The normalized spacial score (nSPS) is 10.9. The van der Waals surface area contributed by atoms with Gasteiger partial charge in [0.15, 0.2) is 0 Å². The SMILES string of the molecule is Cn1cccc1/C=N\NC(=O)c1nonc1N. The van der Waals surface area contributed by atoms with Crippen molar-refractivity contribution in [3.63, 3.8) is 0 Å². The molecule has 0 aliphatic rings. The molecule has 2 rings (SSSR count). The molecule has 0 saturated carbocycles. The average molecular weight is 234 g/mol. The Morgan fingerprint density at radius 3 is 3.06 bits per heavy atom. The summed E-state index contributed by atoms with van der Waals surface area (Å²) in [4.78, 5) is 11.5. The van der Waals surface area contributed by atoms with Gasteiger partial charge in [-0.2, -0.15) is 5.10 Å². The molecule has 0 saturated heterocycles. The Balaban J connectivity index is 2.00. The standard InChI is InChI=1S/C9H10N6O2/c1-15-4-2-3-6(15)5-11-12-9(16)7-8(10)14-17-13-7/h2-5H,1H3,(H2,10,14)(H,12,16)/b11-5-. The monoisotopic (exact) mass is 234 g/mol. The smallest absolute Gasteiger partial charge is 0.297 e. The van der Waals surface area contributed by atoms with E-state index in [1.807, 2.05) is 29.9 Å². The van der Waals surface area contributed by atoms with Gasteiger partial charge < -0.3 is 10.3 Å². The molecule has 0 aromatic carbocycles. The van der Waals surface area contributed by atoms with Crippen LogP contribution in [0, 0.1) is 0 Å². The molecule has 88 valence electrons. The first-order valence-corrected chi connectivity index (χ1v) is 4.71. The molecule has 0 fully saturated rings. The third-order valence-corrected chi connectivity index (χ3v) is 2.08. The van der Waals surface area contributed by atoms with Gasteiger partial charge in [0.25, 0.3) is 5.91 Å². The maximum atomic E-state index is 11.5. The lowest BCUT2D eigenvalue weighted by Gasteiger charge is -1.96. The third-order valence-electron chi connectivity index (χ3n) is 2.08. The Morgan fingerprint density at radius 2 is 2.47 bits per heavy atom. The van der Waals surface area contributed by atoms with E-state index in [1.165, 1.54) is 6.21 Å². The van der Waals surface area contributed by atoms with Crippen LogP contribution in [-0.4, -0.2) is 27.0 Å². The molecule has 8 heteroatoms. The van der Waals surface area contributed by atoms with E-state index in [9.17, 15) is 4.79 Å². The first kappa shape index (κ1) is 10.9. The third kappa shape index (κ3) is 2.30. The zero-order valence-corrected chi connectivity index (χ0v) is 8.99. The van der Waals surface area contributed by atoms with Crippen molar-refractivity contribution in [2.24, 2.45) is 12.1 Å². The summed E-state index contributed by atoms with van der Waals surface area (Å²) in [5.74, 6) is -0.647. The highest BCUT2D eigenvalue weighted by Crippen LogP contribution is 2.02. The number of carbonyl (C=O) groups excluding carboxylic acids is 1. The number of amides is 1. The van der Waals surface area contributed by atoms with Crippen LogP contribution >= 0.6 is 0 Å². The number of anilines is 1. The summed E-state index contributed by atoms with van der Waals surface area (Å²) in [6.45, 7) is 0. The second-order valence-corrected chi connectivity index (χ2v) is 3.24. The van der Waals surface area contributed by atoms with Crippen molar-refractivity contribution in [3.8, 4) is 0 Å². The quantitative estimate of drug-likeness (QED) is 0.562. The second-order valence-electron chi connectivity index (χ2n) is 3.24. The highest BCUT2D eigenvalue weighted by Gasteiger charge is 2.14. The van der Waals surface area contributed by atoms with Crippen LogP contribution in [0.4, 0.5) is 5.82 Å². The molecule has 0 atom stereocenters. The molecular formula is C9H10N6O2. The van der Waals surface area contributed by atoms with Crippen LogP contribution in [0.5, 0.6) is 0 Å². The van der Waals surface area contributed by atoms with Crippen molar-refractivity contribution in [2.75, 3.05) is 5.73 Å². The summed E-state index contributed by atoms with van der Waals surface area (Å²) in [6, 6.07) is 3.71. The second kappa shape index (κ2) is 4.47. The number of nitrogen functional groups attached to an aromatic ring is 1. The average Bonchev–Trinajstić information content (AvgIpc) is 2.88. The van der Waals surface area contributed by atoms with E-state index < -0.39 is 5.91 Å². The summed E-state index contributed by atoms with van der Waals surface area (Å²) in [7, 11) is 1.86. The molecular weight excluding hydrogens is 224 g/mol. The van der Waals surface area contributed by atoms with E-state index in [-0.39, 0.29) is 11.5 Å². The molecule has 8 nitrogen and oxygen atoms in total. The first-order chi connectivity index (χ1) is 8.18. The number of aromatic nitrogens is 3. The molecule has 2 aromatic heterocycles. The van der Waals surface area contributed by atoms with Gasteiger partial charge in [-0.1, -0.05) is 0 Å². The van der Waals surface area contributed by atoms with Gasteiger partial charge in [-0.25, -0.2) is 10.1 Å². The number of carbonyl (C=O) groups is 1. The molecule has 0 unspecified atom stereocenters. The summed E-state index contributed by atoms with van der Waals surface area (Å²) in [5.41, 5.74) is 8.37. The minimum absolute atomic E-state index is 0.0726. The summed E-state index contributed by atoms with van der Waals surface area (Å²) in [5, 5.41) is 10.4. The number of nitrogens with zero attached hydrogens (tertiary/aromatic N) is 4. The Kier molecular flexibility index (Phi) is 2.86. The van der Waals surface area contributed by atoms with E-state index in [0.29, 0.717) is 0 Å². The fraction of sp³-hybridized carbons (Fsp3) is 0.111. The topological polar surface area (TPSA) is 111 Å². The molecule has 0 radical (unpaired) electrons. The van der Waals surface area contributed by atoms with Crippen molar-refractivity contribution < 1.29 is 9.42 Å². The number of nitrogens with one attached hydrogen (secondary N) is 1. The molecule has 2 aromatic rings. The van der Waals surface area contributed by atoms with E-state index in [4.69, 9.17) is 5.73 Å². The van der Waals surface area contributed by atoms with Crippen molar-refractivity contribution in [1.82, 2.24) is 20.3 Å². The Morgan fingerprint density at radius 1 is 1.65 bits per heavy atom. The van der Waals surface area contributed by atoms with Crippen LogP contribution in [0.15, 0.2) is 28.1 Å². The van der Waals surface area contributed by atoms with Crippen LogP contribution in [0.25, 0.3) is 0 Å². The van der Waals surface area contributed by atoms with E-state index in [1.54, 1.807) is 0 Å². The van der Waals surface area contributed by atoms with E-state index >= 15 is 0 Å². The molecule has 0 aliphatic carbocycles. The van der Waals surface area contributed by atoms with Gasteiger partial charge in [-0.15, -0.1) is 0 Å². The number of hydrogen-bond acceptors (Lipinski definition) is 6. The van der Waals surface area contributed by atoms with Gasteiger partial charge in [0.1, 0.15) is 0 Å². The molecule has 0 aliphatic heterocycles. The number of hydrazone groups is 1. The molecule has 2 heterocycles. The predicted molar refractivity (Wildman–Crippen MR) is 59.2 cm³/mol. The number of rotatable bonds is 3. The van der Waals surface area contributed by atoms with Gasteiger partial charge in [-0.3, -0.25) is 4.79 Å². The molecule has 0 bridgehead atoms. The summed E-state index contributed by atoms with van der Waals surface area (Å²) >= 11 is 0. The van der Waals surface area contributed by atoms with Crippen molar-refractivity contribution in [1.29, 1.82) is 0 Å². The van der Waals surface area contributed by atoms with Gasteiger partial charge in [-0.05, 0) is 22.4 Å². The maximum absolute atomic E-state index is 11.5. The largest absolute Gasteiger partial charge is 0.379 e. The minimum atomic E-state index is -0.575. The van der Waals surface area contributed by atoms with Crippen LogP contribution in [-0.2, 0) is 7.05 Å². The van der Waals surface area contributed by atoms with Crippen LogP contribution in [0.2, 0.25) is 0 Å². The van der Waals surface area contributed by atoms with Crippen LogP contribution < -0.4 is 11.2 Å². The highest BCUT2D eigenvalue weighted by molar-refractivity contribution is 5.96. The lowest BCUT2D eigenvalue weighted by atomic mass is 10.4. The number of hydrogen-bond donors (Lipinski definition) is 2. The van der Waals surface area contributed by atoms with Crippen molar-refractivity contribution >= 4 is 17.9 Å². The van der Waals surface area contributed by atoms with Gasteiger partial charge >= 0.3 is 0 Å². The maximum Gasteiger partial charge on any atom is 0.297 e. The minimum Gasteiger partial charge on any atom is -0.379 e. The van der Waals surface area contributed by atoms with Gasteiger partial charge in [0.05, 0.1) is 11.9 Å². The zero-order valence-electron chi connectivity index (χ0n) is 8.99. The predicted octanol–water partition coefficient (Wildman–Crippen LogP) is -0.246. The Bertz CT molecular complexity index is 555. The molecule has 3 N–H and O–H groups in total. The van der Waals surface area contributed by atoms with Gasteiger partial charge in [0, 0.05) is 13.2 Å². The van der Waals surface area contributed by atoms with Crippen LogP contribution in [0.1, 0.15) is 16.2 Å². The van der Waals surface area contributed by atoms with Gasteiger partial charge in [0.2, 0.25) is 11.5 Å². The number of nitrogens with two attached hydrogens (primary N) is 1. The van der Waals surface area contributed by atoms with E-state index in [0.717, 1.165) is 5.69 Å². The van der Waals surface area contributed by atoms with E-state index in [2.05, 4.69) is 25.5 Å². The fourth-order valence-corrected chi connectivity index (χ4v) is 1.17. The number of aryl methyl sites for hydroxylation is 1. The molecule has 17 heavy (non-hydrogen) atoms. The van der Waals surface area contributed by atoms with Crippen LogP contribution in [0.3, 0.4) is 0 Å². The molecule has 1 amide bonds.